The van der Waals surface area contributed by atoms with Crippen LogP contribution in [-0.2, 0) is 11.3 Å². The molecule has 0 saturated carbocycles. The average Bonchev–Trinajstić information content (AvgIpc) is 3.15. The molecule has 0 radical (unpaired) electrons. The summed E-state index contributed by atoms with van der Waals surface area (Å²) in [7, 11) is 0. The zero-order valence-corrected chi connectivity index (χ0v) is 12.1. The number of aromatic nitrogens is 3. The Hall–Kier alpha value is -1.92. The molecule has 1 aliphatic heterocycles. The maximum atomic E-state index is 12.0. The van der Waals surface area contributed by atoms with E-state index in [1.54, 1.807) is 24.3 Å². The Morgan fingerprint density at radius 2 is 2.43 bits per heavy atom. The standard InChI is InChI=1S/C14H15ClN4O2/c15-10-4-1-3-9(7-10)14(20)16-8-12-17-13(19-18-12)11-5-2-6-21-11/h1,3-4,7,11H,2,5-6,8H2,(H,16,20)(H,17,18,19)/t11-/m0/s1. The summed E-state index contributed by atoms with van der Waals surface area (Å²) < 4.78 is 5.51. The number of ether oxygens (including phenoxy) is 1. The van der Waals surface area contributed by atoms with Crippen molar-refractivity contribution < 1.29 is 9.53 Å². The SMILES string of the molecule is O=C(NCc1nc([C@@H]2CCCO2)n[nH]1)c1cccc(Cl)c1. The van der Waals surface area contributed by atoms with Crippen LogP contribution in [-0.4, -0.2) is 27.7 Å². The first-order valence-electron chi connectivity index (χ1n) is 6.79. The van der Waals surface area contributed by atoms with Crippen LogP contribution in [0.5, 0.6) is 0 Å². The van der Waals surface area contributed by atoms with E-state index in [4.69, 9.17) is 16.3 Å². The molecule has 21 heavy (non-hydrogen) atoms. The summed E-state index contributed by atoms with van der Waals surface area (Å²) in [5.74, 6) is 1.06. The van der Waals surface area contributed by atoms with E-state index >= 15 is 0 Å². The minimum atomic E-state index is -0.201. The molecule has 1 atom stereocenters. The molecule has 110 valence electrons. The number of nitrogens with one attached hydrogen (secondary N) is 2. The molecule has 1 aliphatic rings. The molecule has 7 heteroatoms. The third kappa shape index (κ3) is 3.40. The van der Waals surface area contributed by atoms with Gasteiger partial charge in [-0.1, -0.05) is 17.7 Å². The van der Waals surface area contributed by atoms with Crippen LogP contribution >= 0.6 is 11.6 Å². The average molecular weight is 307 g/mol. The summed E-state index contributed by atoms with van der Waals surface area (Å²) in [6.45, 7) is 1.03. The maximum Gasteiger partial charge on any atom is 0.251 e. The summed E-state index contributed by atoms with van der Waals surface area (Å²) in [5, 5.41) is 10.3. The van der Waals surface area contributed by atoms with Crippen LogP contribution in [0.1, 0.15) is 41.0 Å². The highest BCUT2D eigenvalue weighted by Crippen LogP contribution is 2.25. The van der Waals surface area contributed by atoms with Crippen molar-refractivity contribution in [3.8, 4) is 0 Å². The van der Waals surface area contributed by atoms with E-state index in [0.717, 1.165) is 19.4 Å². The predicted molar refractivity (Wildman–Crippen MR) is 76.9 cm³/mol. The van der Waals surface area contributed by atoms with Gasteiger partial charge in [0.05, 0.1) is 6.54 Å². The highest BCUT2D eigenvalue weighted by molar-refractivity contribution is 6.30. The second-order valence-electron chi connectivity index (χ2n) is 4.83. The summed E-state index contributed by atoms with van der Waals surface area (Å²) in [6, 6.07) is 6.79. The third-order valence-corrected chi connectivity index (χ3v) is 3.50. The van der Waals surface area contributed by atoms with Gasteiger partial charge in [-0.05, 0) is 31.0 Å². The molecule has 0 unspecified atom stereocenters. The topological polar surface area (TPSA) is 79.9 Å². The second kappa shape index (κ2) is 6.24. The van der Waals surface area contributed by atoms with E-state index in [0.29, 0.717) is 22.2 Å². The number of nitrogens with zero attached hydrogens (tertiary/aromatic N) is 2. The third-order valence-electron chi connectivity index (χ3n) is 3.27. The van der Waals surface area contributed by atoms with E-state index in [-0.39, 0.29) is 18.6 Å². The van der Waals surface area contributed by atoms with Crippen molar-refractivity contribution in [2.75, 3.05) is 6.61 Å². The second-order valence-corrected chi connectivity index (χ2v) is 5.27. The lowest BCUT2D eigenvalue weighted by Crippen LogP contribution is -2.23. The van der Waals surface area contributed by atoms with Crippen LogP contribution in [0.4, 0.5) is 0 Å². The Kier molecular flexibility index (Phi) is 4.17. The lowest BCUT2D eigenvalue weighted by molar-refractivity contribution is 0.0950. The maximum absolute atomic E-state index is 12.0. The predicted octanol–water partition coefficient (Wildman–Crippen LogP) is 2.24. The number of H-pyrrole nitrogens is 1. The lowest BCUT2D eigenvalue weighted by Gasteiger charge is -2.04. The molecule has 1 amide bonds. The van der Waals surface area contributed by atoms with Crippen LogP contribution in [0.3, 0.4) is 0 Å². The van der Waals surface area contributed by atoms with Gasteiger partial charge in [0.25, 0.3) is 5.91 Å². The number of carbonyl (C=O) groups is 1. The molecule has 1 fully saturated rings. The molecule has 3 rings (SSSR count). The Labute approximate surface area is 126 Å². The highest BCUT2D eigenvalue weighted by Gasteiger charge is 2.21. The Bertz CT molecular complexity index is 637. The van der Waals surface area contributed by atoms with Crippen LogP contribution in [0, 0.1) is 0 Å². The van der Waals surface area contributed by atoms with Crippen molar-refractivity contribution in [3.05, 3.63) is 46.5 Å². The van der Waals surface area contributed by atoms with Gasteiger partial charge in [0.15, 0.2) is 5.82 Å². The number of hydrogen-bond acceptors (Lipinski definition) is 4. The molecular formula is C14H15ClN4O2. The van der Waals surface area contributed by atoms with Gasteiger partial charge in [-0.2, -0.15) is 5.10 Å². The van der Waals surface area contributed by atoms with Gasteiger partial charge in [0.1, 0.15) is 11.9 Å². The molecule has 2 aromatic rings. The molecular weight excluding hydrogens is 292 g/mol. The van der Waals surface area contributed by atoms with Gasteiger partial charge in [0.2, 0.25) is 0 Å². The van der Waals surface area contributed by atoms with Gasteiger partial charge in [-0.3, -0.25) is 9.89 Å². The largest absolute Gasteiger partial charge is 0.370 e. The van der Waals surface area contributed by atoms with Crippen molar-refractivity contribution in [1.29, 1.82) is 0 Å². The Balaban J connectivity index is 1.58. The fourth-order valence-electron chi connectivity index (χ4n) is 2.21. The molecule has 1 saturated heterocycles. The smallest absolute Gasteiger partial charge is 0.251 e. The van der Waals surface area contributed by atoms with Gasteiger partial charge in [-0.25, -0.2) is 4.98 Å². The fraction of sp³-hybridized carbons (Fsp3) is 0.357. The zero-order chi connectivity index (χ0) is 14.7. The van der Waals surface area contributed by atoms with Crippen molar-refractivity contribution in [1.82, 2.24) is 20.5 Å². The molecule has 1 aromatic carbocycles. The van der Waals surface area contributed by atoms with Gasteiger partial charge in [-0.15, -0.1) is 0 Å². The monoisotopic (exact) mass is 306 g/mol. The van der Waals surface area contributed by atoms with E-state index in [2.05, 4.69) is 20.5 Å². The molecule has 0 bridgehead atoms. The molecule has 2 N–H and O–H groups in total. The van der Waals surface area contributed by atoms with E-state index in [1.165, 1.54) is 0 Å². The minimum Gasteiger partial charge on any atom is -0.370 e. The quantitative estimate of drug-likeness (QED) is 0.908. The molecule has 0 aliphatic carbocycles. The number of amides is 1. The number of carbonyl (C=O) groups excluding carboxylic acids is 1. The van der Waals surface area contributed by atoms with Gasteiger partial charge >= 0.3 is 0 Å². The first-order valence-corrected chi connectivity index (χ1v) is 7.17. The van der Waals surface area contributed by atoms with E-state index in [1.807, 2.05) is 0 Å². The Morgan fingerprint density at radius 3 is 3.19 bits per heavy atom. The summed E-state index contributed by atoms with van der Waals surface area (Å²) in [4.78, 5) is 16.3. The lowest BCUT2D eigenvalue weighted by atomic mass is 10.2. The molecule has 0 spiro atoms. The first kappa shape index (κ1) is 14.0. The number of rotatable bonds is 4. The van der Waals surface area contributed by atoms with Crippen molar-refractivity contribution in [2.24, 2.45) is 0 Å². The molecule has 6 nitrogen and oxygen atoms in total. The van der Waals surface area contributed by atoms with E-state index < -0.39 is 0 Å². The fourth-order valence-corrected chi connectivity index (χ4v) is 2.40. The normalized spacial score (nSPS) is 17.9. The highest BCUT2D eigenvalue weighted by atomic mass is 35.5. The zero-order valence-electron chi connectivity index (χ0n) is 11.3. The van der Waals surface area contributed by atoms with Crippen molar-refractivity contribution in [2.45, 2.75) is 25.5 Å². The van der Waals surface area contributed by atoms with Crippen molar-refractivity contribution >= 4 is 17.5 Å². The number of aromatic amines is 1. The summed E-state index contributed by atoms with van der Waals surface area (Å²) >= 11 is 5.86. The molecule has 2 heterocycles. The van der Waals surface area contributed by atoms with Gasteiger partial charge < -0.3 is 10.1 Å². The molecule has 1 aromatic heterocycles. The van der Waals surface area contributed by atoms with Crippen LogP contribution in [0.25, 0.3) is 0 Å². The number of hydrogen-bond donors (Lipinski definition) is 2. The first-order chi connectivity index (χ1) is 10.2. The number of benzene rings is 1. The Morgan fingerprint density at radius 1 is 1.52 bits per heavy atom. The van der Waals surface area contributed by atoms with Gasteiger partial charge in [0, 0.05) is 17.2 Å². The minimum absolute atomic E-state index is 0.0290. The summed E-state index contributed by atoms with van der Waals surface area (Å²) in [5.41, 5.74) is 0.515. The van der Waals surface area contributed by atoms with E-state index in [9.17, 15) is 4.79 Å². The van der Waals surface area contributed by atoms with Crippen LogP contribution in [0.2, 0.25) is 5.02 Å². The summed E-state index contributed by atoms with van der Waals surface area (Å²) in [6.07, 6.45) is 1.94. The van der Waals surface area contributed by atoms with Crippen LogP contribution in [0.15, 0.2) is 24.3 Å². The number of halogens is 1. The van der Waals surface area contributed by atoms with Crippen LogP contribution < -0.4 is 5.32 Å². The van der Waals surface area contributed by atoms with Crippen molar-refractivity contribution in [3.63, 3.8) is 0 Å².